The fraction of sp³-hybridized carbons (Fsp3) is 0.480. The summed E-state index contributed by atoms with van der Waals surface area (Å²) in [6, 6.07) is 8.19. The van der Waals surface area contributed by atoms with Crippen LogP contribution in [0.1, 0.15) is 43.1 Å². The van der Waals surface area contributed by atoms with Gasteiger partial charge < -0.3 is 15.5 Å². The van der Waals surface area contributed by atoms with Crippen LogP contribution in [0.25, 0.3) is 10.9 Å². The molecule has 0 radical (unpaired) electrons. The van der Waals surface area contributed by atoms with Gasteiger partial charge in [-0.05, 0) is 44.7 Å². The van der Waals surface area contributed by atoms with Gasteiger partial charge in [0, 0.05) is 49.9 Å². The lowest BCUT2D eigenvalue weighted by Crippen LogP contribution is -2.54. The van der Waals surface area contributed by atoms with Gasteiger partial charge >= 0.3 is 0 Å². The van der Waals surface area contributed by atoms with E-state index in [9.17, 15) is 4.79 Å². The van der Waals surface area contributed by atoms with Crippen molar-refractivity contribution >= 4 is 22.6 Å². The predicted molar refractivity (Wildman–Crippen MR) is 132 cm³/mol. The first-order valence-electron chi connectivity index (χ1n) is 12.3. The number of nitrogens with one attached hydrogen (secondary N) is 1. The number of amides is 1. The minimum atomic E-state index is 0.00205. The molecular weight excluding hydrogens is 428 g/mol. The number of amidine groups is 1. The number of hydrogen-bond donors (Lipinski definition) is 2. The Balaban J connectivity index is 1.28. The Hall–Kier alpha value is -3.17. The minimum Gasteiger partial charge on any atom is -0.355 e. The molecule has 1 aromatic carbocycles. The maximum absolute atomic E-state index is 13.7. The zero-order chi connectivity index (χ0) is 23.4. The maximum Gasteiger partial charge on any atom is 0.275 e. The van der Waals surface area contributed by atoms with E-state index in [4.69, 9.17) is 10.7 Å². The molecule has 2 saturated heterocycles. The van der Waals surface area contributed by atoms with Crippen molar-refractivity contribution in [3.8, 4) is 0 Å². The number of hydrazine groups is 1. The number of aliphatic imine (C=N–C) groups is 1. The van der Waals surface area contributed by atoms with E-state index in [2.05, 4.69) is 34.6 Å². The van der Waals surface area contributed by atoms with Gasteiger partial charge in [-0.25, -0.2) is 10.4 Å². The first kappa shape index (κ1) is 21.4. The van der Waals surface area contributed by atoms with Gasteiger partial charge in [-0.3, -0.25) is 14.5 Å². The lowest BCUT2D eigenvalue weighted by molar-refractivity contribution is 0.0556. The van der Waals surface area contributed by atoms with Crippen LogP contribution in [0.2, 0.25) is 0 Å². The number of benzene rings is 1. The van der Waals surface area contributed by atoms with Gasteiger partial charge in [0.15, 0.2) is 5.69 Å². The smallest absolute Gasteiger partial charge is 0.275 e. The van der Waals surface area contributed by atoms with E-state index in [0.29, 0.717) is 5.69 Å². The summed E-state index contributed by atoms with van der Waals surface area (Å²) >= 11 is 0. The summed E-state index contributed by atoms with van der Waals surface area (Å²) in [6.07, 6.45) is 8.35. The van der Waals surface area contributed by atoms with Crippen LogP contribution in [0, 0.1) is 0 Å². The second-order valence-electron chi connectivity index (χ2n) is 9.84. The molecule has 1 unspecified atom stereocenters. The van der Waals surface area contributed by atoms with Crippen LogP contribution in [0.3, 0.4) is 0 Å². The number of nitrogens with two attached hydrogens (primary N) is 1. The van der Waals surface area contributed by atoms with Gasteiger partial charge in [-0.2, -0.15) is 5.10 Å². The quantitative estimate of drug-likeness (QED) is 0.711. The summed E-state index contributed by atoms with van der Waals surface area (Å²) in [5.74, 6) is 1.91. The average Bonchev–Trinajstić information content (AvgIpc) is 3.55. The van der Waals surface area contributed by atoms with Crippen molar-refractivity contribution in [3.05, 3.63) is 53.6 Å². The Kier molecular flexibility index (Phi) is 5.18. The lowest BCUT2D eigenvalue weighted by Gasteiger charge is -2.38. The third-order valence-corrected chi connectivity index (χ3v) is 7.47. The number of likely N-dealkylation sites (tertiary alicyclic amines) is 2. The van der Waals surface area contributed by atoms with Crippen molar-refractivity contribution in [1.29, 1.82) is 0 Å². The van der Waals surface area contributed by atoms with Gasteiger partial charge in [-0.1, -0.05) is 18.2 Å². The van der Waals surface area contributed by atoms with E-state index in [-0.39, 0.29) is 24.0 Å². The Morgan fingerprint density at radius 1 is 1.18 bits per heavy atom. The highest BCUT2D eigenvalue weighted by atomic mass is 16.2. The van der Waals surface area contributed by atoms with Crippen molar-refractivity contribution in [2.75, 3.05) is 19.6 Å². The minimum absolute atomic E-state index is 0.00205. The molecular formula is C25H32N8O. The molecule has 2 aromatic rings. The van der Waals surface area contributed by atoms with Gasteiger partial charge in [0.1, 0.15) is 11.7 Å². The number of carbonyl (C=O) groups excluding carboxylic acids is 1. The van der Waals surface area contributed by atoms with E-state index in [1.807, 2.05) is 41.2 Å². The topological polar surface area (TPSA) is 95.0 Å². The molecule has 5 heterocycles. The highest BCUT2D eigenvalue weighted by Crippen LogP contribution is 2.30. The zero-order valence-corrected chi connectivity index (χ0v) is 19.8. The van der Waals surface area contributed by atoms with E-state index in [1.54, 1.807) is 4.68 Å². The Morgan fingerprint density at radius 3 is 2.85 bits per heavy atom. The highest BCUT2D eigenvalue weighted by molar-refractivity contribution is 6.05. The monoisotopic (exact) mass is 460 g/mol. The largest absolute Gasteiger partial charge is 0.355 e. The van der Waals surface area contributed by atoms with Gasteiger partial charge in [0.25, 0.3) is 5.91 Å². The summed E-state index contributed by atoms with van der Waals surface area (Å²) in [6.45, 7) is 4.62. The molecule has 34 heavy (non-hydrogen) atoms. The van der Waals surface area contributed by atoms with Gasteiger partial charge in [0.05, 0.1) is 17.6 Å². The molecule has 4 aliphatic rings. The molecule has 0 bridgehead atoms. The number of piperidine rings is 1. The lowest BCUT2D eigenvalue weighted by atomic mass is 9.95. The molecule has 2 fully saturated rings. The molecule has 1 amide bonds. The molecule has 3 N–H and O–H groups in total. The van der Waals surface area contributed by atoms with Crippen LogP contribution in [0.4, 0.5) is 0 Å². The molecule has 9 heteroatoms. The maximum atomic E-state index is 13.7. The summed E-state index contributed by atoms with van der Waals surface area (Å²) in [4.78, 5) is 23.0. The normalized spacial score (nSPS) is 27.1. The van der Waals surface area contributed by atoms with E-state index in [0.717, 1.165) is 73.5 Å². The van der Waals surface area contributed by atoms with Crippen LogP contribution >= 0.6 is 0 Å². The van der Waals surface area contributed by atoms with E-state index >= 15 is 0 Å². The standard InChI is InChI=1S/C25H32N8O/c1-16-14-33-22(27-24(16)31-12-10-17(26)15-31)13-19(28-33)21-9-5-6-11-32(21)25(34)23-18-7-3-4-8-20(18)30(2)29-23/h3-4,7-8,13-14,17,19,21,28H,5-6,9-12,15,26H2,1-2H3/t17-,19?,21-/m0/s1. The number of fused-ring (bicyclic) bond motifs is 2. The van der Waals surface area contributed by atoms with E-state index < -0.39 is 0 Å². The number of aromatic nitrogens is 2. The first-order valence-corrected chi connectivity index (χ1v) is 12.3. The van der Waals surface area contributed by atoms with Crippen molar-refractivity contribution in [2.24, 2.45) is 17.8 Å². The third-order valence-electron chi connectivity index (χ3n) is 7.47. The van der Waals surface area contributed by atoms with E-state index in [1.165, 1.54) is 0 Å². The predicted octanol–water partition coefficient (Wildman–Crippen LogP) is 1.95. The first-order chi connectivity index (χ1) is 16.5. The number of para-hydroxylation sites is 1. The number of carbonyl (C=O) groups is 1. The number of nitrogens with zero attached hydrogens (tertiary/aromatic N) is 6. The van der Waals surface area contributed by atoms with Gasteiger partial charge in [0.2, 0.25) is 0 Å². The average molecular weight is 461 g/mol. The van der Waals surface area contributed by atoms with Gasteiger partial charge in [-0.15, -0.1) is 0 Å². The highest BCUT2D eigenvalue weighted by Gasteiger charge is 2.39. The third kappa shape index (κ3) is 3.50. The zero-order valence-electron chi connectivity index (χ0n) is 19.8. The molecule has 0 spiro atoms. The molecule has 9 nitrogen and oxygen atoms in total. The molecule has 1 aromatic heterocycles. The molecule has 0 saturated carbocycles. The Bertz CT molecular complexity index is 1230. The fourth-order valence-corrected chi connectivity index (χ4v) is 5.74. The Morgan fingerprint density at radius 2 is 2.03 bits per heavy atom. The second-order valence-corrected chi connectivity index (χ2v) is 9.84. The summed E-state index contributed by atoms with van der Waals surface area (Å²) in [5, 5.41) is 7.52. The number of hydrogen-bond acceptors (Lipinski definition) is 7. The second kappa shape index (κ2) is 8.25. The van der Waals surface area contributed by atoms with Crippen LogP contribution in [0.5, 0.6) is 0 Å². The van der Waals surface area contributed by atoms with Crippen molar-refractivity contribution in [2.45, 2.75) is 50.7 Å². The Labute approximate surface area is 199 Å². The number of aryl methyl sites for hydroxylation is 1. The van der Waals surface area contributed by atoms with Crippen molar-refractivity contribution < 1.29 is 4.79 Å². The van der Waals surface area contributed by atoms with Crippen molar-refractivity contribution in [3.63, 3.8) is 0 Å². The molecule has 3 atom stereocenters. The summed E-state index contributed by atoms with van der Waals surface area (Å²) < 4.78 is 1.80. The summed E-state index contributed by atoms with van der Waals surface area (Å²) in [7, 11) is 1.89. The fourth-order valence-electron chi connectivity index (χ4n) is 5.74. The van der Waals surface area contributed by atoms with Crippen LogP contribution in [-0.2, 0) is 7.05 Å². The number of rotatable bonds is 2. The molecule has 6 rings (SSSR count). The molecule has 178 valence electrons. The molecule has 4 aliphatic heterocycles. The van der Waals surface area contributed by atoms with Crippen LogP contribution in [-0.4, -0.2) is 74.1 Å². The SMILES string of the molecule is CC1=CN2NC([C@@H]3CCCCN3C(=O)c3nn(C)c4ccccc34)C=C2N=C1N1CC[C@H](N)C1. The molecule has 0 aliphatic carbocycles. The van der Waals surface area contributed by atoms with Crippen LogP contribution in [0.15, 0.2) is 52.9 Å². The van der Waals surface area contributed by atoms with Crippen LogP contribution < -0.4 is 11.2 Å². The van der Waals surface area contributed by atoms with Crippen molar-refractivity contribution in [1.82, 2.24) is 30.0 Å². The summed E-state index contributed by atoms with van der Waals surface area (Å²) in [5.41, 5.74) is 12.4.